The van der Waals surface area contributed by atoms with E-state index in [1.807, 2.05) is 0 Å². The van der Waals surface area contributed by atoms with Crippen LogP contribution in [-0.4, -0.2) is 39.7 Å². The molecule has 3 fully saturated rings. The number of nitrogens with one attached hydrogen (secondary N) is 1. The maximum atomic E-state index is 13.3. The fourth-order valence-electron chi connectivity index (χ4n) is 5.30. The summed E-state index contributed by atoms with van der Waals surface area (Å²) in [6.07, 6.45) is 8.37. The SMILES string of the molecule is C[C@@H]1CCC2(CCN(c3nc(N)c(Sc4ccnc(NC5CC5)c4Cl)c(=O)n3C)CC2)[C@@H]1N. The first-order valence-corrected chi connectivity index (χ1v) is 12.9. The van der Waals surface area contributed by atoms with Crippen LogP contribution in [0, 0.1) is 11.3 Å². The minimum absolute atomic E-state index is 0.168. The third-order valence-corrected chi connectivity index (χ3v) is 9.34. The number of hydrogen-bond donors (Lipinski definition) is 3. The molecule has 33 heavy (non-hydrogen) atoms. The largest absolute Gasteiger partial charge is 0.382 e. The summed E-state index contributed by atoms with van der Waals surface area (Å²) in [5.74, 6) is 2.07. The molecule has 2 aromatic heterocycles. The van der Waals surface area contributed by atoms with E-state index in [0.29, 0.717) is 33.6 Å². The van der Waals surface area contributed by atoms with Crippen LogP contribution in [-0.2, 0) is 7.05 Å². The molecule has 2 atom stereocenters. The topological polar surface area (TPSA) is 115 Å². The van der Waals surface area contributed by atoms with Gasteiger partial charge in [-0.15, -0.1) is 0 Å². The molecular weight excluding hydrogens is 458 g/mol. The fourth-order valence-corrected chi connectivity index (χ4v) is 6.49. The number of nitrogens with zero attached hydrogens (tertiary/aromatic N) is 4. The molecule has 178 valence electrons. The van der Waals surface area contributed by atoms with Gasteiger partial charge < -0.3 is 21.7 Å². The molecule has 5 rings (SSSR count). The highest BCUT2D eigenvalue weighted by Gasteiger charge is 2.46. The van der Waals surface area contributed by atoms with Gasteiger partial charge in [0.15, 0.2) is 0 Å². The van der Waals surface area contributed by atoms with Crippen molar-refractivity contribution in [1.82, 2.24) is 14.5 Å². The second-order valence-electron chi connectivity index (χ2n) is 9.87. The van der Waals surface area contributed by atoms with Crippen LogP contribution in [0.1, 0.15) is 45.4 Å². The van der Waals surface area contributed by atoms with Crippen LogP contribution in [0.4, 0.5) is 17.6 Å². The Morgan fingerprint density at radius 2 is 1.97 bits per heavy atom. The van der Waals surface area contributed by atoms with E-state index in [1.165, 1.54) is 24.6 Å². The zero-order valence-corrected chi connectivity index (χ0v) is 20.8. The monoisotopic (exact) mass is 489 g/mol. The minimum atomic E-state index is -0.168. The molecule has 0 amide bonds. The van der Waals surface area contributed by atoms with Crippen molar-refractivity contribution in [2.24, 2.45) is 24.1 Å². The molecule has 0 unspecified atom stereocenters. The highest BCUT2D eigenvalue weighted by molar-refractivity contribution is 7.99. The van der Waals surface area contributed by atoms with Crippen LogP contribution in [0.2, 0.25) is 5.02 Å². The Morgan fingerprint density at radius 1 is 1.24 bits per heavy atom. The van der Waals surface area contributed by atoms with Crippen LogP contribution in [0.15, 0.2) is 26.8 Å². The number of aromatic nitrogens is 3. The maximum Gasteiger partial charge on any atom is 0.270 e. The lowest BCUT2D eigenvalue weighted by Gasteiger charge is -2.43. The predicted octanol–water partition coefficient (Wildman–Crippen LogP) is 3.48. The van der Waals surface area contributed by atoms with Gasteiger partial charge in [-0.05, 0) is 55.9 Å². The van der Waals surface area contributed by atoms with Gasteiger partial charge in [0.1, 0.15) is 16.5 Å². The molecule has 2 saturated carbocycles. The first-order valence-electron chi connectivity index (χ1n) is 11.7. The molecule has 1 aliphatic heterocycles. The quantitative estimate of drug-likeness (QED) is 0.584. The third kappa shape index (κ3) is 4.19. The smallest absolute Gasteiger partial charge is 0.270 e. The lowest BCUT2D eigenvalue weighted by molar-refractivity contribution is 0.185. The number of nitrogens with two attached hydrogens (primary N) is 2. The Morgan fingerprint density at radius 3 is 2.61 bits per heavy atom. The molecule has 1 saturated heterocycles. The lowest BCUT2D eigenvalue weighted by atomic mass is 9.73. The van der Waals surface area contributed by atoms with Gasteiger partial charge in [-0.2, -0.15) is 4.98 Å². The van der Waals surface area contributed by atoms with Gasteiger partial charge in [0, 0.05) is 43.3 Å². The maximum absolute atomic E-state index is 13.3. The van der Waals surface area contributed by atoms with Gasteiger partial charge in [0.25, 0.3) is 5.56 Å². The Hall–Kier alpha value is -1.97. The second-order valence-corrected chi connectivity index (χ2v) is 11.3. The van der Waals surface area contributed by atoms with E-state index in [-0.39, 0.29) is 22.8 Å². The molecule has 10 heteroatoms. The fraction of sp³-hybridized carbons (Fsp3) is 0.609. The van der Waals surface area contributed by atoms with Crippen molar-refractivity contribution in [3.63, 3.8) is 0 Å². The molecular formula is C23H32ClN7OS. The first kappa shape index (κ1) is 22.8. The van der Waals surface area contributed by atoms with Gasteiger partial charge >= 0.3 is 0 Å². The summed E-state index contributed by atoms with van der Waals surface area (Å²) < 4.78 is 1.60. The molecule has 2 aliphatic carbocycles. The number of hydrogen-bond acceptors (Lipinski definition) is 8. The van der Waals surface area contributed by atoms with Crippen molar-refractivity contribution >= 4 is 40.9 Å². The Kier molecular flexibility index (Phi) is 5.99. The summed E-state index contributed by atoms with van der Waals surface area (Å²) in [6.45, 7) is 3.92. The molecule has 5 N–H and O–H groups in total. The van der Waals surface area contributed by atoms with Gasteiger partial charge in [0.2, 0.25) is 5.95 Å². The predicted molar refractivity (Wildman–Crippen MR) is 134 cm³/mol. The summed E-state index contributed by atoms with van der Waals surface area (Å²) in [4.78, 5) is 25.6. The van der Waals surface area contributed by atoms with E-state index in [4.69, 9.17) is 23.1 Å². The third-order valence-electron chi connectivity index (χ3n) is 7.70. The van der Waals surface area contributed by atoms with Gasteiger partial charge in [-0.3, -0.25) is 9.36 Å². The van der Waals surface area contributed by atoms with E-state index >= 15 is 0 Å². The Balaban J connectivity index is 1.36. The summed E-state index contributed by atoms with van der Waals surface area (Å²) in [7, 11) is 1.76. The van der Waals surface area contributed by atoms with Crippen LogP contribution in [0.5, 0.6) is 0 Å². The van der Waals surface area contributed by atoms with E-state index in [2.05, 4.69) is 27.1 Å². The number of halogens is 1. The lowest BCUT2D eigenvalue weighted by Crippen LogP contribution is -2.49. The molecule has 8 nitrogen and oxygen atoms in total. The van der Waals surface area contributed by atoms with Gasteiger partial charge in [-0.25, -0.2) is 4.98 Å². The van der Waals surface area contributed by atoms with Crippen LogP contribution >= 0.6 is 23.4 Å². The van der Waals surface area contributed by atoms with Crippen LogP contribution in [0.25, 0.3) is 0 Å². The number of piperidine rings is 1. The summed E-state index contributed by atoms with van der Waals surface area (Å²) in [5.41, 5.74) is 12.9. The van der Waals surface area contributed by atoms with Crippen LogP contribution < -0.4 is 27.2 Å². The average molecular weight is 490 g/mol. The van der Waals surface area contributed by atoms with E-state index < -0.39 is 0 Å². The zero-order valence-electron chi connectivity index (χ0n) is 19.2. The normalized spacial score (nSPS) is 24.4. The first-order chi connectivity index (χ1) is 15.8. The highest BCUT2D eigenvalue weighted by atomic mass is 35.5. The Labute approximate surface area is 203 Å². The van der Waals surface area contributed by atoms with Crippen LogP contribution in [0.3, 0.4) is 0 Å². The molecule has 0 radical (unpaired) electrons. The second kappa shape index (κ2) is 8.67. The van der Waals surface area contributed by atoms with Gasteiger partial charge in [-0.1, -0.05) is 30.3 Å². The molecule has 3 heterocycles. The molecule has 3 aliphatic rings. The van der Waals surface area contributed by atoms with E-state index in [0.717, 1.165) is 43.7 Å². The van der Waals surface area contributed by atoms with Crippen molar-refractivity contribution in [3.8, 4) is 0 Å². The molecule has 1 spiro atoms. The zero-order chi connectivity index (χ0) is 23.3. The standard InChI is InChI=1S/C23H32ClN7OS/c1-13-5-7-23(18(13)25)8-11-31(12-9-23)22-29-19(26)17(21(32)30(22)2)33-15-6-10-27-20(16(15)24)28-14-3-4-14/h6,10,13-14,18H,3-5,7-9,11-12,25-26H2,1-2H3,(H,27,28)/t13-,18-/m1/s1. The van der Waals surface area contributed by atoms with Crippen molar-refractivity contribution in [2.45, 2.75) is 67.3 Å². The number of nitrogen functional groups attached to an aromatic ring is 1. The molecule has 0 aromatic carbocycles. The summed E-state index contributed by atoms with van der Waals surface area (Å²) >= 11 is 7.82. The van der Waals surface area contributed by atoms with E-state index in [1.54, 1.807) is 23.9 Å². The average Bonchev–Trinajstić information content (AvgIpc) is 3.59. The van der Waals surface area contributed by atoms with Crippen molar-refractivity contribution in [3.05, 3.63) is 27.6 Å². The van der Waals surface area contributed by atoms with Crippen molar-refractivity contribution in [2.75, 3.05) is 29.0 Å². The summed E-state index contributed by atoms with van der Waals surface area (Å²) in [6, 6.07) is 2.48. The highest BCUT2D eigenvalue weighted by Crippen LogP contribution is 2.48. The van der Waals surface area contributed by atoms with Crippen molar-refractivity contribution in [1.29, 1.82) is 0 Å². The number of rotatable bonds is 5. The Bertz CT molecular complexity index is 1110. The molecule has 2 aromatic rings. The minimum Gasteiger partial charge on any atom is -0.382 e. The number of pyridine rings is 1. The number of anilines is 3. The van der Waals surface area contributed by atoms with E-state index in [9.17, 15) is 4.79 Å². The van der Waals surface area contributed by atoms with Crippen molar-refractivity contribution < 1.29 is 0 Å². The summed E-state index contributed by atoms with van der Waals surface area (Å²) in [5, 5.41) is 3.83. The molecule has 0 bridgehead atoms. The van der Waals surface area contributed by atoms with Gasteiger partial charge in [0.05, 0.1) is 5.02 Å².